The number of rotatable bonds is 0. The first-order valence-corrected chi connectivity index (χ1v) is 4.15. The standard InChI is InChI=1S/C5H9NO.CH2Cl2/c1-6-4-2-3-5(6)7;2-1-3/h2-4H2,1H3;1H2. The fourth-order valence-electron chi connectivity index (χ4n) is 0.783. The Labute approximate surface area is 71.1 Å². The molecule has 1 rings (SSSR count). The maximum Gasteiger partial charge on any atom is 0.222 e. The van der Waals surface area contributed by atoms with Crippen LogP contribution in [0.15, 0.2) is 0 Å². The van der Waals surface area contributed by atoms with Crippen LogP contribution in [0.3, 0.4) is 0 Å². The van der Waals surface area contributed by atoms with E-state index in [0.29, 0.717) is 5.91 Å². The Morgan fingerprint density at radius 3 is 2.20 bits per heavy atom. The van der Waals surface area contributed by atoms with Gasteiger partial charge in [0, 0.05) is 20.0 Å². The predicted molar refractivity (Wildman–Crippen MR) is 43.4 cm³/mol. The molecule has 10 heavy (non-hydrogen) atoms. The van der Waals surface area contributed by atoms with Crippen molar-refractivity contribution in [2.24, 2.45) is 0 Å². The van der Waals surface area contributed by atoms with Gasteiger partial charge in [0.25, 0.3) is 0 Å². The average Bonchev–Trinajstić information content (AvgIpc) is 2.19. The molecule has 1 fully saturated rings. The van der Waals surface area contributed by atoms with Gasteiger partial charge in [-0.3, -0.25) is 4.79 Å². The van der Waals surface area contributed by atoms with Crippen molar-refractivity contribution in [2.45, 2.75) is 12.8 Å². The van der Waals surface area contributed by atoms with Crippen LogP contribution in [-0.2, 0) is 4.79 Å². The molecular weight excluding hydrogens is 173 g/mol. The highest BCUT2D eigenvalue weighted by Crippen LogP contribution is 2.04. The van der Waals surface area contributed by atoms with Gasteiger partial charge in [0.05, 0.1) is 5.34 Å². The molecule has 0 spiro atoms. The fraction of sp³-hybridized carbons (Fsp3) is 0.833. The molecule has 0 N–H and O–H groups in total. The summed E-state index contributed by atoms with van der Waals surface area (Å²) in [5, 5.41) is 0.194. The first-order valence-electron chi connectivity index (χ1n) is 3.08. The van der Waals surface area contributed by atoms with Crippen molar-refractivity contribution in [2.75, 3.05) is 18.9 Å². The summed E-state index contributed by atoms with van der Waals surface area (Å²) < 4.78 is 0. The van der Waals surface area contributed by atoms with Crippen molar-refractivity contribution < 1.29 is 4.79 Å². The minimum Gasteiger partial charge on any atom is -0.346 e. The van der Waals surface area contributed by atoms with E-state index in [2.05, 4.69) is 0 Å². The zero-order valence-electron chi connectivity index (χ0n) is 5.94. The largest absolute Gasteiger partial charge is 0.346 e. The third kappa shape index (κ3) is 3.96. The molecule has 0 aromatic carbocycles. The van der Waals surface area contributed by atoms with Gasteiger partial charge in [-0.1, -0.05) is 0 Å². The topological polar surface area (TPSA) is 20.3 Å². The lowest BCUT2D eigenvalue weighted by molar-refractivity contribution is -0.126. The van der Waals surface area contributed by atoms with E-state index in [0.717, 1.165) is 19.4 Å². The lowest BCUT2D eigenvalue weighted by Crippen LogP contribution is -2.17. The molecule has 4 heteroatoms. The lowest BCUT2D eigenvalue weighted by atomic mass is 10.4. The Balaban J connectivity index is 0.000000236. The summed E-state index contributed by atoms with van der Waals surface area (Å²) in [6, 6.07) is 0. The fourth-order valence-corrected chi connectivity index (χ4v) is 0.783. The SMILES string of the molecule is CN1CCCC1=O.ClCCl. The van der Waals surface area contributed by atoms with Crippen LogP contribution >= 0.6 is 23.2 Å². The number of nitrogens with zero attached hydrogens (tertiary/aromatic N) is 1. The van der Waals surface area contributed by atoms with Crippen LogP contribution < -0.4 is 0 Å². The van der Waals surface area contributed by atoms with Gasteiger partial charge in [0.2, 0.25) is 5.91 Å². The third-order valence-corrected chi connectivity index (χ3v) is 1.31. The van der Waals surface area contributed by atoms with Crippen molar-refractivity contribution in [3.8, 4) is 0 Å². The van der Waals surface area contributed by atoms with Crippen LogP contribution in [0.25, 0.3) is 0 Å². The highest BCUT2D eigenvalue weighted by Gasteiger charge is 2.14. The maximum absolute atomic E-state index is 10.5. The summed E-state index contributed by atoms with van der Waals surface area (Å²) in [5.74, 6) is 0.292. The van der Waals surface area contributed by atoms with E-state index in [1.54, 1.807) is 4.90 Å². The second kappa shape index (κ2) is 5.81. The van der Waals surface area contributed by atoms with E-state index in [9.17, 15) is 4.79 Å². The number of hydrogen-bond acceptors (Lipinski definition) is 1. The van der Waals surface area contributed by atoms with E-state index in [1.165, 1.54) is 0 Å². The summed E-state index contributed by atoms with van der Waals surface area (Å²) in [7, 11) is 1.84. The second-order valence-electron chi connectivity index (χ2n) is 2.02. The Morgan fingerprint density at radius 1 is 1.60 bits per heavy atom. The number of hydrogen-bond donors (Lipinski definition) is 0. The highest BCUT2D eigenvalue weighted by atomic mass is 35.5. The van der Waals surface area contributed by atoms with Gasteiger partial charge < -0.3 is 4.90 Å². The molecule has 0 bridgehead atoms. The molecule has 2 nitrogen and oxygen atoms in total. The normalized spacial score (nSPS) is 16.7. The smallest absolute Gasteiger partial charge is 0.222 e. The van der Waals surface area contributed by atoms with Crippen LogP contribution in [0.1, 0.15) is 12.8 Å². The van der Waals surface area contributed by atoms with Gasteiger partial charge in [0.1, 0.15) is 0 Å². The average molecular weight is 184 g/mol. The quantitative estimate of drug-likeness (QED) is 0.524. The molecule has 1 saturated heterocycles. The van der Waals surface area contributed by atoms with Crippen molar-refractivity contribution in [3.63, 3.8) is 0 Å². The molecule has 0 aromatic rings. The lowest BCUT2D eigenvalue weighted by Gasteiger charge is -2.03. The van der Waals surface area contributed by atoms with Crippen molar-refractivity contribution in [1.82, 2.24) is 4.90 Å². The van der Waals surface area contributed by atoms with Gasteiger partial charge in [-0.2, -0.15) is 0 Å². The Bertz CT molecular complexity index is 108. The van der Waals surface area contributed by atoms with Crippen LogP contribution in [0.2, 0.25) is 0 Å². The van der Waals surface area contributed by atoms with Gasteiger partial charge in [0.15, 0.2) is 0 Å². The molecular formula is C6H11Cl2NO. The van der Waals surface area contributed by atoms with Crippen molar-refractivity contribution in [1.29, 1.82) is 0 Å². The minimum atomic E-state index is 0.194. The first kappa shape index (κ1) is 10.0. The van der Waals surface area contributed by atoms with Crippen LogP contribution in [0.4, 0.5) is 0 Å². The van der Waals surface area contributed by atoms with E-state index >= 15 is 0 Å². The number of carbonyl (C=O) groups excluding carboxylic acids is 1. The summed E-state index contributed by atoms with van der Waals surface area (Å²) in [6.07, 6.45) is 1.81. The Morgan fingerprint density at radius 2 is 2.10 bits per heavy atom. The predicted octanol–water partition coefficient (Wildman–Crippen LogP) is 1.66. The minimum absolute atomic E-state index is 0.194. The van der Waals surface area contributed by atoms with Crippen LogP contribution in [0.5, 0.6) is 0 Å². The molecule has 0 atom stereocenters. The number of amides is 1. The van der Waals surface area contributed by atoms with Crippen LogP contribution in [-0.4, -0.2) is 29.7 Å². The van der Waals surface area contributed by atoms with Crippen LogP contribution in [0, 0.1) is 0 Å². The maximum atomic E-state index is 10.5. The zero-order chi connectivity index (χ0) is 7.98. The van der Waals surface area contributed by atoms with Gasteiger partial charge in [-0.15, -0.1) is 23.2 Å². The van der Waals surface area contributed by atoms with Crippen molar-refractivity contribution in [3.05, 3.63) is 0 Å². The van der Waals surface area contributed by atoms with Gasteiger partial charge >= 0.3 is 0 Å². The molecule has 1 amide bonds. The zero-order valence-corrected chi connectivity index (χ0v) is 7.45. The third-order valence-electron chi connectivity index (χ3n) is 1.31. The highest BCUT2D eigenvalue weighted by molar-refractivity contribution is 6.40. The molecule has 0 aliphatic carbocycles. The van der Waals surface area contributed by atoms with E-state index in [4.69, 9.17) is 23.2 Å². The summed E-state index contributed by atoms with van der Waals surface area (Å²) in [6.45, 7) is 0.957. The Hall–Kier alpha value is 0.0500. The molecule has 0 unspecified atom stereocenters. The molecule has 60 valence electrons. The van der Waals surface area contributed by atoms with E-state index in [1.807, 2.05) is 7.05 Å². The molecule has 0 aromatic heterocycles. The summed E-state index contributed by atoms with van der Waals surface area (Å²) in [5.41, 5.74) is 0. The number of carbonyl (C=O) groups is 1. The number of alkyl halides is 2. The monoisotopic (exact) mass is 183 g/mol. The number of likely N-dealkylation sites (tertiary alicyclic amines) is 1. The molecule has 1 aliphatic heterocycles. The van der Waals surface area contributed by atoms with Gasteiger partial charge in [-0.05, 0) is 6.42 Å². The summed E-state index contributed by atoms with van der Waals surface area (Å²) >= 11 is 9.53. The van der Waals surface area contributed by atoms with E-state index < -0.39 is 0 Å². The van der Waals surface area contributed by atoms with Crippen molar-refractivity contribution >= 4 is 29.1 Å². The first-order chi connectivity index (χ1) is 4.72. The molecule has 0 radical (unpaired) electrons. The Kier molecular flexibility index (Phi) is 5.84. The number of halogens is 2. The summed E-state index contributed by atoms with van der Waals surface area (Å²) in [4.78, 5) is 12.3. The second-order valence-corrected chi connectivity index (χ2v) is 2.83. The molecule has 0 saturated carbocycles. The van der Waals surface area contributed by atoms with Gasteiger partial charge in [-0.25, -0.2) is 0 Å². The van der Waals surface area contributed by atoms with E-state index in [-0.39, 0.29) is 5.34 Å². The molecule has 1 heterocycles. The molecule has 1 aliphatic rings.